The van der Waals surface area contributed by atoms with E-state index in [1.165, 1.54) is 12.1 Å². The van der Waals surface area contributed by atoms with Gasteiger partial charge in [-0.25, -0.2) is 8.78 Å². The van der Waals surface area contributed by atoms with Gasteiger partial charge in [-0.15, -0.1) is 0 Å². The first-order chi connectivity index (χ1) is 8.08. The summed E-state index contributed by atoms with van der Waals surface area (Å²) in [5, 5.41) is 13.7. The number of nitrogens with zero attached hydrogens (tertiary/aromatic N) is 1. The van der Waals surface area contributed by atoms with Crippen LogP contribution in [0.3, 0.4) is 0 Å². The first kappa shape index (κ1) is 11.8. The van der Waals surface area contributed by atoms with E-state index in [0.29, 0.717) is 18.2 Å². The van der Waals surface area contributed by atoms with Crippen LogP contribution in [-0.4, -0.2) is 11.5 Å². The van der Waals surface area contributed by atoms with Crippen molar-refractivity contribution in [1.29, 1.82) is 0 Å². The monoisotopic (exact) mass is 242 g/mol. The van der Waals surface area contributed by atoms with E-state index >= 15 is 0 Å². The Bertz CT molecular complexity index is 433. The van der Waals surface area contributed by atoms with Gasteiger partial charge in [-0.2, -0.15) is 0 Å². The van der Waals surface area contributed by atoms with Crippen LogP contribution in [0.2, 0.25) is 0 Å². The molecule has 6 heteroatoms. The summed E-state index contributed by atoms with van der Waals surface area (Å²) in [6, 6.07) is 3.49. The highest BCUT2D eigenvalue weighted by Gasteiger charge is 2.23. The molecular weight excluding hydrogens is 230 g/mol. The Hall–Kier alpha value is -1.72. The molecule has 1 aromatic carbocycles. The van der Waals surface area contributed by atoms with E-state index in [0.717, 1.165) is 18.9 Å². The zero-order valence-electron chi connectivity index (χ0n) is 9.03. The number of anilines is 1. The maximum Gasteiger partial charge on any atom is 0.292 e. The minimum absolute atomic E-state index is 0.288. The van der Waals surface area contributed by atoms with Crippen molar-refractivity contribution in [2.45, 2.75) is 19.3 Å². The van der Waals surface area contributed by atoms with Crippen molar-refractivity contribution in [1.82, 2.24) is 0 Å². The zero-order valence-corrected chi connectivity index (χ0v) is 9.03. The quantitative estimate of drug-likeness (QED) is 0.636. The van der Waals surface area contributed by atoms with Crippen LogP contribution in [0.5, 0.6) is 0 Å². The standard InChI is InChI=1S/C11H12F2N2O2/c12-11(13)8-3-4-9(10(5-8)15(16)17)14-6-7-1-2-7/h3-5,7,11,14H,1-2,6H2. The fraction of sp³-hybridized carbons (Fsp3) is 0.455. The van der Waals surface area contributed by atoms with Gasteiger partial charge in [0, 0.05) is 18.2 Å². The minimum atomic E-state index is -2.69. The lowest BCUT2D eigenvalue weighted by atomic mass is 10.1. The van der Waals surface area contributed by atoms with Gasteiger partial charge in [0.25, 0.3) is 12.1 Å². The zero-order chi connectivity index (χ0) is 12.4. The molecule has 1 N–H and O–H groups in total. The Morgan fingerprint density at radius 2 is 2.18 bits per heavy atom. The van der Waals surface area contributed by atoms with Gasteiger partial charge in [0.05, 0.1) is 4.92 Å². The molecule has 1 aromatic rings. The number of benzene rings is 1. The number of nitrogens with one attached hydrogen (secondary N) is 1. The van der Waals surface area contributed by atoms with Crippen molar-refractivity contribution in [2.24, 2.45) is 5.92 Å². The summed E-state index contributed by atoms with van der Waals surface area (Å²) in [6.45, 7) is 0.662. The second kappa shape index (κ2) is 4.65. The Kier molecular flexibility index (Phi) is 3.21. The van der Waals surface area contributed by atoms with Crippen LogP contribution in [0, 0.1) is 16.0 Å². The van der Waals surface area contributed by atoms with Gasteiger partial charge in [0.15, 0.2) is 0 Å². The number of nitro groups is 1. The number of nitro benzene ring substituents is 1. The highest BCUT2D eigenvalue weighted by molar-refractivity contribution is 5.62. The average Bonchev–Trinajstić information content (AvgIpc) is 3.09. The SMILES string of the molecule is O=[N+]([O-])c1cc(C(F)F)ccc1NCC1CC1. The van der Waals surface area contributed by atoms with E-state index in [1.807, 2.05) is 0 Å². The lowest BCUT2D eigenvalue weighted by Crippen LogP contribution is -2.06. The Balaban J connectivity index is 2.20. The van der Waals surface area contributed by atoms with E-state index in [9.17, 15) is 18.9 Å². The third kappa shape index (κ3) is 2.89. The van der Waals surface area contributed by atoms with Crippen LogP contribution in [0.4, 0.5) is 20.2 Å². The van der Waals surface area contributed by atoms with Crippen molar-refractivity contribution in [2.75, 3.05) is 11.9 Å². The first-order valence-electron chi connectivity index (χ1n) is 5.38. The second-order valence-electron chi connectivity index (χ2n) is 4.16. The molecule has 0 bridgehead atoms. The van der Waals surface area contributed by atoms with E-state index < -0.39 is 11.3 Å². The van der Waals surface area contributed by atoms with Gasteiger partial charge in [-0.05, 0) is 24.8 Å². The van der Waals surface area contributed by atoms with Crippen molar-refractivity contribution >= 4 is 11.4 Å². The van der Waals surface area contributed by atoms with E-state index in [-0.39, 0.29) is 11.3 Å². The Morgan fingerprint density at radius 3 is 2.71 bits per heavy atom. The van der Waals surface area contributed by atoms with Crippen molar-refractivity contribution in [3.8, 4) is 0 Å². The maximum absolute atomic E-state index is 12.4. The van der Waals surface area contributed by atoms with Crippen molar-refractivity contribution < 1.29 is 13.7 Å². The Morgan fingerprint density at radius 1 is 1.47 bits per heavy atom. The molecule has 0 unspecified atom stereocenters. The van der Waals surface area contributed by atoms with Gasteiger partial charge in [0.1, 0.15) is 5.69 Å². The molecule has 0 heterocycles. The molecule has 1 fully saturated rings. The second-order valence-corrected chi connectivity index (χ2v) is 4.16. The summed E-state index contributed by atoms with van der Waals surface area (Å²) < 4.78 is 24.8. The summed E-state index contributed by atoms with van der Waals surface area (Å²) in [7, 11) is 0. The largest absolute Gasteiger partial charge is 0.379 e. The molecular formula is C11H12F2N2O2. The van der Waals surface area contributed by atoms with Gasteiger partial charge in [-0.3, -0.25) is 10.1 Å². The van der Waals surface area contributed by atoms with E-state index in [2.05, 4.69) is 5.32 Å². The average molecular weight is 242 g/mol. The van der Waals surface area contributed by atoms with Crippen LogP contribution in [0.15, 0.2) is 18.2 Å². The molecule has 0 atom stereocenters. The summed E-state index contributed by atoms with van der Waals surface area (Å²) >= 11 is 0. The molecule has 0 aliphatic heterocycles. The molecule has 17 heavy (non-hydrogen) atoms. The molecule has 1 aliphatic rings. The molecule has 0 radical (unpaired) electrons. The maximum atomic E-state index is 12.4. The number of hydrogen-bond donors (Lipinski definition) is 1. The smallest absolute Gasteiger partial charge is 0.292 e. The van der Waals surface area contributed by atoms with E-state index in [1.54, 1.807) is 0 Å². The number of halogens is 2. The third-order valence-electron chi connectivity index (χ3n) is 2.75. The van der Waals surface area contributed by atoms with Gasteiger partial charge >= 0.3 is 0 Å². The molecule has 0 saturated heterocycles. The topological polar surface area (TPSA) is 55.2 Å². The van der Waals surface area contributed by atoms with Gasteiger partial charge in [0.2, 0.25) is 0 Å². The summed E-state index contributed by atoms with van der Waals surface area (Å²) in [6.07, 6.45) is -0.447. The number of hydrogen-bond acceptors (Lipinski definition) is 3. The Labute approximate surface area is 96.8 Å². The molecule has 92 valence electrons. The first-order valence-corrected chi connectivity index (χ1v) is 5.38. The lowest BCUT2D eigenvalue weighted by Gasteiger charge is -2.07. The van der Waals surface area contributed by atoms with Crippen LogP contribution in [0.25, 0.3) is 0 Å². The predicted molar refractivity (Wildman–Crippen MR) is 59.3 cm³/mol. The highest BCUT2D eigenvalue weighted by atomic mass is 19.3. The number of alkyl halides is 2. The van der Waals surface area contributed by atoms with Crippen molar-refractivity contribution in [3.05, 3.63) is 33.9 Å². The van der Waals surface area contributed by atoms with Crippen molar-refractivity contribution in [3.63, 3.8) is 0 Å². The third-order valence-corrected chi connectivity index (χ3v) is 2.75. The summed E-state index contributed by atoms with van der Waals surface area (Å²) in [4.78, 5) is 10.1. The molecule has 0 aromatic heterocycles. The van der Waals surface area contributed by atoms with Crippen LogP contribution >= 0.6 is 0 Å². The fourth-order valence-electron chi connectivity index (χ4n) is 1.56. The van der Waals surface area contributed by atoms with Crippen LogP contribution in [0.1, 0.15) is 24.8 Å². The highest BCUT2D eigenvalue weighted by Crippen LogP contribution is 2.33. The molecule has 0 spiro atoms. The molecule has 4 nitrogen and oxygen atoms in total. The van der Waals surface area contributed by atoms with Gasteiger partial charge < -0.3 is 5.32 Å². The fourth-order valence-corrected chi connectivity index (χ4v) is 1.56. The lowest BCUT2D eigenvalue weighted by molar-refractivity contribution is -0.384. The molecule has 1 aliphatic carbocycles. The minimum Gasteiger partial charge on any atom is -0.379 e. The normalized spacial score (nSPS) is 15.0. The molecule has 0 amide bonds. The van der Waals surface area contributed by atoms with E-state index in [4.69, 9.17) is 0 Å². The molecule has 2 rings (SSSR count). The molecule has 1 saturated carbocycles. The summed E-state index contributed by atoms with van der Waals surface area (Å²) in [5.74, 6) is 0.560. The van der Waals surface area contributed by atoms with Gasteiger partial charge in [-0.1, -0.05) is 6.07 Å². The predicted octanol–water partition coefficient (Wildman–Crippen LogP) is 3.35. The summed E-state index contributed by atoms with van der Waals surface area (Å²) in [5.41, 5.74) is -0.302. The van der Waals surface area contributed by atoms with Crippen LogP contribution in [-0.2, 0) is 0 Å². The van der Waals surface area contributed by atoms with Crippen LogP contribution < -0.4 is 5.32 Å². The number of rotatable bonds is 5.